The Labute approximate surface area is 219 Å². The normalized spacial score (nSPS) is 16.9. The highest BCUT2D eigenvalue weighted by Gasteiger charge is 2.41. The number of rotatable bonds is 8. The number of amides is 1. The first-order valence-electron chi connectivity index (χ1n) is 11.8. The molecule has 1 aliphatic heterocycles. The number of carbonyl (C=O) groups is 2. The van der Waals surface area contributed by atoms with Gasteiger partial charge in [-0.3, -0.25) is 9.78 Å². The molecule has 37 heavy (non-hydrogen) atoms. The number of aromatic nitrogens is 1. The third-order valence-corrected chi connectivity index (χ3v) is 6.50. The molecule has 0 radical (unpaired) electrons. The quantitative estimate of drug-likeness (QED) is 0.282. The van der Waals surface area contributed by atoms with Crippen LogP contribution >= 0.6 is 12.2 Å². The molecule has 186 valence electrons. The Morgan fingerprint density at radius 3 is 2.59 bits per heavy atom. The third-order valence-electron chi connectivity index (χ3n) is 6.15. The van der Waals surface area contributed by atoms with Crippen LogP contribution in [-0.4, -0.2) is 38.5 Å². The molecular weight excluding hydrogens is 488 g/mol. The molecule has 3 heterocycles. The van der Waals surface area contributed by atoms with Gasteiger partial charge in [0.05, 0.1) is 17.3 Å². The number of anilines is 1. The van der Waals surface area contributed by atoms with E-state index in [0.717, 1.165) is 11.4 Å². The van der Waals surface area contributed by atoms with Gasteiger partial charge in [-0.05, 0) is 60.7 Å². The zero-order valence-electron chi connectivity index (χ0n) is 19.7. The summed E-state index contributed by atoms with van der Waals surface area (Å²) in [7, 11) is 0. The molecule has 2 aromatic heterocycles. The molecule has 4 aromatic rings. The summed E-state index contributed by atoms with van der Waals surface area (Å²) < 4.78 is 6.26. The van der Waals surface area contributed by atoms with E-state index < -0.39 is 5.97 Å². The first kappa shape index (κ1) is 24.2. The molecule has 9 heteroatoms. The third kappa shape index (κ3) is 5.36. The lowest BCUT2D eigenvalue weighted by molar-refractivity contribution is -0.116. The van der Waals surface area contributed by atoms with Crippen molar-refractivity contribution < 1.29 is 19.1 Å². The number of carbonyl (C=O) groups excluding carboxylic acids is 1. The van der Waals surface area contributed by atoms with Gasteiger partial charge in [-0.25, -0.2) is 4.79 Å². The van der Waals surface area contributed by atoms with Gasteiger partial charge in [0.25, 0.3) is 0 Å². The molecule has 2 atom stereocenters. The molecule has 0 spiro atoms. The van der Waals surface area contributed by atoms with Crippen LogP contribution in [-0.2, 0) is 4.79 Å². The molecule has 1 fully saturated rings. The van der Waals surface area contributed by atoms with Crippen LogP contribution in [0.5, 0.6) is 0 Å². The molecule has 3 N–H and O–H groups in total. The molecule has 8 nitrogen and oxygen atoms in total. The van der Waals surface area contributed by atoms with Crippen LogP contribution in [0.1, 0.15) is 40.3 Å². The molecule has 1 saturated heterocycles. The van der Waals surface area contributed by atoms with Crippen LogP contribution < -0.4 is 10.6 Å². The van der Waals surface area contributed by atoms with E-state index in [9.17, 15) is 14.7 Å². The lowest BCUT2D eigenvalue weighted by atomic mass is 10.0. The Hall–Kier alpha value is -4.50. The number of nitrogens with zero attached hydrogens (tertiary/aromatic N) is 2. The van der Waals surface area contributed by atoms with Crippen molar-refractivity contribution in [2.75, 3.05) is 11.9 Å². The van der Waals surface area contributed by atoms with E-state index >= 15 is 0 Å². The van der Waals surface area contributed by atoms with Crippen LogP contribution in [0, 0.1) is 0 Å². The fraction of sp³-hybridized carbons (Fsp3) is 0.143. The number of carboxylic acids is 1. The topological polar surface area (TPSA) is 108 Å². The first-order chi connectivity index (χ1) is 18.0. The molecule has 0 aliphatic carbocycles. The minimum Gasteiger partial charge on any atom is -0.478 e. The number of benzene rings is 2. The molecule has 2 unspecified atom stereocenters. The number of carboxylic acid groups (broad SMARTS) is 1. The Morgan fingerprint density at radius 1 is 1.03 bits per heavy atom. The Kier molecular flexibility index (Phi) is 6.96. The maximum absolute atomic E-state index is 12.7. The highest BCUT2D eigenvalue weighted by atomic mass is 32.1. The monoisotopic (exact) mass is 512 g/mol. The SMILES string of the molecule is O=C(CCN1C(=S)NC(c2ccccn2)C1c1ccc(-c2cccc(C(=O)O)c2)o1)Nc1ccccc1. The minimum absolute atomic E-state index is 0.125. The summed E-state index contributed by atoms with van der Waals surface area (Å²) in [6.07, 6.45) is 1.94. The zero-order valence-corrected chi connectivity index (χ0v) is 20.5. The largest absolute Gasteiger partial charge is 0.478 e. The van der Waals surface area contributed by atoms with Gasteiger partial charge in [0.15, 0.2) is 5.11 Å². The van der Waals surface area contributed by atoms with E-state index in [2.05, 4.69) is 15.6 Å². The molecule has 0 bridgehead atoms. The first-order valence-corrected chi connectivity index (χ1v) is 12.2. The lowest BCUT2D eigenvalue weighted by Gasteiger charge is -2.25. The lowest BCUT2D eigenvalue weighted by Crippen LogP contribution is -2.32. The highest BCUT2D eigenvalue weighted by Crippen LogP contribution is 2.40. The molecule has 5 rings (SSSR count). The summed E-state index contributed by atoms with van der Waals surface area (Å²) in [6, 6.07) is 24.6. The van der Waals surface area contributed by atoms with Gasteiger partial charge in [0, 0.05) is 30.4 Å². The summed E-state index contributed by atoms with van der Waals surface area (Å²) in [5.41, 5.74) is 2.35. The maximum atomic E-state index is 12.7. The van der Waals surface area contributed by atoms with Crippen molar-refractivity contribution in [3.05, 3.63) is 108 Å². The summed E-state index contributed by atoms with van der Waals surface area (Å²) >= 11 is 5.67. The van der Waals surface area contributed by atoms with Gasteiger partial charge in [-0.2, -0.15) is 0 Å². The molecule has 0 saturated carbocycles. The summed E-state index contributed by atoms with van der Waals surface area (Å²) in [6.45, 7) is 0.364. The number of hydrogen-bond donors (Lipinski definition) is 3. The fourth-order valence-electron chi connectivity index (χ4n) is 4.39. The number of hydrogen-bond acceptors (Lipinski definition) is 5. The van der Waals surface area contributed by atoms with Crippen LogP contribution in [0.4, 0.5) is 5.69 Å². The summed E-state index contributed by atoms with van der Waals surface area (Å²) in [5, 5.41) is 16.1. The van der Waals surface area contributed by atoms with E-state index in [-0.39, 0.29) is 30.0 Å². The molecule has 1 amide bonds. The summed E-state index contributed by atoms with van der Waals surface area (Å²) in [4.78, 5) is 30.5. The van der Waals surface area contributed by atoms with Gasteiger partial charge >= 0.3 is 5.97 Å². The van der Waals surface area contributed by atoms with E-state index in [4.69, 9.17) is 16.6 Å². The maximum Gasteiger partial charge on any atom is 0.335 e. The second-order valence-corrected chi connectivity index (χ2v) is 8.96. The van der Waals surface area contributed by atoms with Crippen molar-refractivity contribution in [2.45, 2.75) is 18.5 Å². The second kappa shape index (κ2) is 10.6. The van der Waals surface area contributed by atoms with Gasteiger partial charge in [0.1, 0.15) is 17.6 Å². The van der Waals surface area contributed by atoms with Crippen LogP contribution in [0.15, 0.2) is 95.5 Å². The van der Waals surface area contributed by atoms with Crippen molar-refractivity contribution in [3.8, 4) is 11.3 Å². The summed E-state index contributed by atoms with van der Waals surface area (Å²) in [5.74, 6) is 0.0356. The van der Waals surface area contributed by atoms with E-state index in [1.165, 1.54) is 6.07 Å². The number of nitrogens with one attached hydrogen (secondary N) is 2. The Morgan fingerprint density at radius 2 is 1.84 bits per heavy atom. The van der Waals surface area contributed by atoms with Crippen LogP contribution in [0.2, 0.25) is 0 Å². The molecule has 2 aromatic carbocycles. The fourth-order valence-corrected chi connectivity index (χ4v) is 4.73. The number of aromatic carboxylic acids is 1. The van der Waals surface area contributed by atoms with Crippen LogP contribution in [0.25, 0.3) is 11.3 Å². The van der Waals surface area contributed by atoms with Crippen molar-refractivity contribution in [1.82, 2.24) is 15.2 Å². The second-order valence-electron chi connectivity index (χ2n) is 8.57. The number of thiocarbonyl (C=S) groups is 1. The van der Waals surface area contributed by atoms with Crippen molar-refractivity contribution in [1.29, 1.82) is 0 Å². The number of furan rings is 1. The van der Waals surface area contributed by atoms with Gasteiger partial charge in [-0.15, -0.1) is 0 Å². The van der Waals surface area contributed by atoms with Gasteiger partial charge in [0.2, 0.25) is 5.91 Å². The average molecular weight is 513 g/mol. The van der Waals surface area contributed by atoms with E-state index in [1.807, 2.05) is 65.6 Å². The average Bonchev–Trinajstić information content (AvgIpc) is 3.53. The van der Waals surface area contributed by atoms with Crippen molar-refractivity contribution >= 4 is 34.9 Å². The van der Waals surface area contributed by atoms with Gasteiger partial charge < -0.3 is 25.1 Å². The van der Waals surface area contributed by atoms with E-state index in [1.54, 1.807) is 24.4 Å². The zero-order chi connectivity index (χ0) is 25.8. The number of para-hydroxylation sites is 1. The van der Waals surface area contributed by atoms with Gasteiger partial charge in [-0.1, -0.05) is 36.4 Å². The van der Waals surface area contributed by atoms with Crippen molar-refractivity contribution in [3.63, 3.8) is 0 Å². The minimum atomic E-state index is -1.01. The predicted molar refractivity (Wildman–Crippen MR) is 143 cm³/mol. The van der Waals surface area contributed by atoms with E-state index in [0.29, 0.717) is 28.7 Å². The van der Waals surface area contributed by atoms with Crippen molar-refractivity contribution in [2.24, 2.45) is 0 Å². The highest BCUT2D eigenvalue weighted by molar-refractivity contribution is 7.80. The standard InChI is InChI=1S/C28H24N4O4S/c33-24(30-20-9-2-1-3-10-20)14-16-32-26(25(31-28(32)37)21-11-4-5-15-29-21)23-13-12-22(36-23)18-7-6-8-19(17-18)27(34)35/h1-13,15,17,25-26H,14,16H2,(H,30,33)(H,31,37)(H,34,35). The number of pyridine rings is 1. The Bertz CT molecular complexity index is 1420. The Balaban J connectivity index is 1.42. The smallest absolute Gasteiger partial charge is 0.335 e. The predicted octanol–water partition coefficient (Wildman–Crippen LogP) is 5.04. The molecule has 1 aliphatic rings. The van der Waals surface area contributed by atoms with Crippen LogP contribution in [0.3, 0.4) is 0 Å². The molecular formula is C28H24N4O4S.